The van der Waals surface area contributed by atoms with Gasteiger partial charge in [-0.1, -0.05) is 24.3 Å². The van der Waals surface area contributed by atoms with Crippen molar-refractivity contribution in [2.45, 2.75) is 26.2 Å². The van der Waals surface area contributed by atoms with Crippen molar-refractivity contribution in [1.29, 1.82) is 0 Å². The minimum Gasteiger partial charge on any atom is -0.497 e. The number of anilines is 1. The second kappa shape index (κ2) is 9.95. The number of nitrogens with zero attached hydrogens (tertiary/aromatic N) is 2. The van der Waals surface area contributed by atoms with Crippen LogP contribution in [0, 0.1) is 6.92 Å². The van der Waals surface area contributed by atoms with Crippen molar-refractivity contribution in [2.75, 3.05) is 19.1 Å². The van der Waals surface area contributed by atoms with Crippen LogP contribution in [0.1, 0.15) is 22.4 Å². The molecular weight excluding hydrogens is 420 g/mol. The van der Waals surface area contributed by atoms with Crippen molar-refractivity contribution in [2.24, 2.45) is 0 Å². The molecule has 0 spiro atoms. The van der Waals surface area contributed by atoms with Crippen LogP contribution in [0.4, 0.5) is 19.0 Å². The van der Waals surface area contributed by atoms with Crippen molar-refractivity contribution in [1.82, 2.24) is 4.98 Å². The summed E-state index contributed by atoms with van der Waals surface area (Å²) in [6.45, 7) is 2.07. The number of hydrogen-bond donors (Lipinski definition) is 1. The quantitative estimate of drug-likeness (QED) is 0.536. The first kappa shape index (κ1) is 23.5. The van der Waals surface area contributed by atoms with Gasteiger partial charge in [-0.05, 0) is 53.8 Å². The van der Waals surface area contributed by atoms with Crippen molar-refractivity contribution < 1.29 is 27.7 Å². The van der Waals surface area contributed by atoms with Crippen LogP contribution in [0.25, 0.3) is 0 Å². The molecule has 0 amide bonds. The number of pyridine rings is 1. The zero-order chi connectivity index (χ0) is 23.3. The molecule has 32 heavy (non-hydrogen) atoms. The Morgan fingerprint density at radius 3 is 1.75 bits per heavy atom. The maximum Gasteiger partial charge on any atom is 0.417 e. The van der Waals surface area contributed by atoms with Crippen LogP contribution in [0.5, 0.6) is 11.5 Å². The topological polar surface area (TPSA) is 54.8 Å². The Morgan fingerprint density at radius 1 is 0.906 bits per heavy atom. The monoisotopic (exact) mass is 443 g/mol. The lowest BCUT2D eigenvalue weighted by molar-refractivity contribution is -0.137. The van der Waals surface area contributed by atoms with Gasteiger partial charge in [-0.3, -0.25) is 0 Å². The molecule has 0 fully saturated rings. The molecule has 5 nitrogen and oxygen atoms in total. The number of rotatable bonds is 8. The lowest BCUT2D eigenvalue weighted by Gasteiger charge is -2.26. The Bertz CT molecular complexity index is 993. The van der Waals surface area contributed by atoms with E-state index >= 15 is 0 Å². The summed E-state index contributed by atoms with van der Waals surface area (Å²) in [5.74, 6) is 1.73. The standard InChI is InChI=1S/C23H23BF3N2O3/c1-15-22(23(25,26)27)20(24-30)12-21(28-15)29(13-16-4-8-18(31-2)9-5-16)14-17-6-10-19(32-3)11-7-17/h4-12,30H,13-14H2,1-3H3. The fourth-order valence-corrected chi connectivity index (χ4v) is 3.43. The molecule has 1 aromatic heterocycles. The summed E-state index contributed by atoms with van der Waals surface area (Å²) in [4.78, 5) is 6.08. The Labute approximate surface area is 185 Å². The van der Waals surface area contributed by atoms with E-state index in [1.54, 1.807) is 14.2 Å². The average Bonchev–Trinajstić information content (AvgIpc) is 2.78. The number of hydrogen-bond acceptors (Lipinski definition) is 5. The minimum atomic E-state index is -4.62. The predicted octanol–water partition coefficient (Wildman–Crippen LogP) is 3.87. The SMILES string of the molecule is COc1ccc(CN(Cc2ccc(OC)cc2)c2cc([B]O)c(C(F)(F)F)c(C)n2)cc1. The number of benzene rings is 2. The van der Waals surface area contributed by atoms with Crippen molar-refractivity contribution >= 4 is 18.8 Å². The van der Waals surface area contributed by atoms with Crippen LogP contribution in [0.2, 0.25) is 0 Å². The number of alkyl halides is 3. The molecule has 167 valence electrons. The summed E-state index contributed by atoms with van der Waals surface area (Å²) in [5.41, 5.74) is 0.373. The van der Waals surface area contributed by atoms with Gasteiger partial charge in [0.2, 0.25) is 0 Å². The van der Waals surface area contributed by atoms with Gasteiger partial charge in [0, 0.05) is 13.1 Å². The van der Waals surface area contributed by atoms with E-state index in [1.807, 2.05) is 53.4 Å². The number of aromatic nitrogens is 1. The van der Waals surface area contributed by atoms with E-state index in [9.17, 15) is 18.2 Å². The van der Waals surface area contributed by atoms with Gasteiger partial charge in [0.25, 0.3) is 0 Å². The Hall–Kier alpha value is -3.20. The highest BCUT2D eigenvalue weighted by Gasteiger charge is 2.36. The summed E-state index contributed by atoms with van der Waals surface area (Å²) in [5, 5.41) is 9.51. The minimum absolute atomic E-state index is 0.204. The van der Waals surface area contributed by atoms with Crippen molar-refractivity contribution in [3.05, 3.63) is 77.0 Å². The zero-order valence-corrected chi connectivity index (χ0v) is 18.0. The third-order valence-electron chi connectivity index (χ3n) is 5.03. The molecule has 1 heterocycles. The summed E-state index contributed by atoms with van der Waals surface area (Å²) >= 11 is 0. The van der Waals surface area contributed by atoms with Crippen LogP contribution in [0.15, 0.2) is 54.6 Å². The largest absolute Gasteiger partial charge is 0.497 e. The van der Waals surface area contributed by atoms with Gasteiger partial charge in [-0.25, -0.2) is 4.98 Å². The molecule has 1 radical (unpaired) electrons. The van der Waals surface area contributed by atoms with Gasteiger partial charge in [-0.15, -0.1) is 0 Å². The predicted molar refractivity (Wildman–Crippen MR) is 117 cm³/mol. The lowest BCUT2D eigenvalue weighted by Crippen LogP contribution is -2.31. The molecule has 0 aliphatic rings. The first-order chi connectivity index (χ1) is 15.2. The Kier molecular flexibility index (Phi) is 7.30. The van der Waals surface area contributed by atoms with Crippen LogP contribution in [-0.2, 0) is 19.3 Å². The Morgan fingerprint density at radius 2 is 1.38 bits per heavy atom. The van der Waals surface area contributed by atoms with Crippen LogP contribution in [0.3, 0.4) is 0 Å². The highest BCUT2D eigenvalue weighted by atomic mass is 19.4. The highest BCUT2D eigenvalue weighted by molar-refractivity contribution is 6.46. The van der Waals surface area contributed by atoms with E-state index in [2.05, 4.69) is 4.98 Å². The number of ether oxygens (including phenoxy) is 2. The van der Waals surface area contributed by atoms with Crippen LogP contribution in [-0.4, -0.2) is 31.7 Å². The number of halogens is 3. The fraction of sp³-hybridized carbons (Fsp3) is 0.261. The molecule has 0 bridgehead atoms. The van der Waals surface area contributed by atoms with Gasteiger partial charge >= 0.3 is 13.7 Å². The molecule has 3 rings (SSSR count). The maximum atomic E-state index is 13.5. The average molecular weight is 443 g/mol. The number of aryl methyl sites for hydroxylation is 1. The van der Waals surface area contributed by atoms with E-state index in [1.165, 1.54) is 13.0 Å². The van der Waals surface area contributed by atoms with E-state index < -0.39 is 11.7 Å². The third kappa shape index (κ3) is 5.53. The molecule has 2 aromatic carbocycles. The molecule has 0 aliphatic heterocycles. The van der Waals surface area contributed by atoms with E-state index in [-0.39, 0.29) is 11.2 Å². The molecule has 0 saturated carbocycles. The maximum absolute atomic E-state index is 13.5. The molecule has 0 saturated heterocycles. The second-order valence-corrected chi connectivity index (χ2v) is 7.21. The second-order valence-electron chi connectivity index (χ2n) is 7.21. The molecular formula is C23H23BF3N2O3. The van der Waals surface area contributed by atoms with Crippen LogP contribution < -0.4 is 19.8 Å². The molecule has 3 aromatic rings. The summed E-state index contributed by atoms with van der Waals surface area (Å²) in [6, 6.07) is 16.1. The summed E-state index contributed by atoms with van der Waals surface area (Å²) in [6.07, 6.45) is -4.62. The summed E-state index contributed by atoms with van der Waals surface area (Å²) < 4.78 is 50.8. The first-order valence-electron chi connectivity index (χ1n) is 9.82. The van der Waals surface area contributed by atoms with Gasteiger partial charge in [0.05, 0.1) is 25.5 Å². The molecule has 9 heteroatoms. The van der Waals surface area contributed by atoms with Gasteiger partial charge in [-0.2, -0.15) is 13.2 Å². The third-order valence-corrected chi connectivity index (χ3v) is 5.03. The molecule has 1 N–H and O–H groups in total. The van der Waals surface area contributed by atoms with Gasteiger partial charge < -0.3 is 19.4 Å². The summed E-state index contributed by atoms with van der Waals surface area (Å²) in [7, 11) is 3.62. The molecule has 0 atom stereocenters. The van der Waals surface area contributed by atoms with Crippen LogP contribution >= 0.6 is 0 Å². The Balaban J connectivity index is 2.01. The normalized spacial score (nSPS) is 11.2. The lowest BCUT2D eigenvalue weighted by atomic mass is 9.83. The van der Waals surface area contributed by atoms with E-state index in [0.29, 0.717) is 37.9 Å². The molecule has 0 unspecified atom stereocenters. The smallest absolute Gasteiger partial charge is 0.417 e. The van der Waals surface area contributed by atoms with Gasteiger partial charge in [0.15, 0.2) is 0 Å². The fourth-order valence-electron chi connectivity index (χ4n) is 3.43. The van der Waals surface area contributed by atoms with Gasteiger partial charge in [0.1, 0.15) is 17.3 Å². The molecule has 0 aliphatic carbocycles. The first-order valence-corrected chi connectivity index (χ1v) is 9.82. The zero-order valence-electron chi connectivity index (χ0n) is 18.0. The number of methoxy groups -OCH3 is 2. The van der Waals surface area contributed by atoms with Crippen molar-refractivity contribution in [3.63, 3.8) is 0 Å². The van der Waals surface area contributed by atoms with E-state index in [0.717, 1.165) is 11.1 Å². The van der Waals surface area contributed by atoms with E-state index in [4.69, 9.17) is 9.47 Å². The van der Waals surface area contributed by atoms with Crippen molar-refractivity contribution in [3.8, 4) is 11.5 Å². The highest BCUT2D eigenvalue weighted by Crippen LogP contribution is 2.31.